The van der Waals surface area contributed by atoms with Gasteiger partial charge in [0, 0.05) is 30.8 Å². The first-order valence-electron chi connectivity index (χ1n) is 7.64. The minimum atomic E-state index is -0.217. The Morgan fingerprint density at radius 2 is 1.96 bits per heavy atom. The molecule has 3 aromatic rings. The molecule has 0 spiro atoms. The summed E-state index contributed by atoms with van der Waals surface area (Å²) in [7, 11) is 0. The normalized spacial score (nSPS) is 9.88. The summed E-state index contributed by atoms with van der Waals surface area (Å²) < 4.78 is 0. The molecule has 25 heavy (non-hydrogen) atoms. The fraction of sp³-hybridized carbons (Fsp3) is 0.0526. The maximum absolute atomic E-state index is 12.3. The lowest BCUT2D eigenvalue weighted by molar-refractivity contribution is 0.0950. The van der Waals surface area contributed by atoms with Crippen LogP contribution in [0, 0.1) is 11.3 Å². The van der Waals surface area contributed by atoms with Gasteiger partial charge in [0.1, 0.15) is 0 Å². The van der Waals surface area contributed by atoms with Crippen molar-refractivity contribution in [3.63, 3.8) is 0 Å². The van der Waals surface area contributed by atoms with E-state index < -0.39 is 0 Å². The van der Waals surface area contributed by atoms with Crippen molar-refractivity contribution in [3.05, 3.63) is 83.9 Å². The molecular weight excluding hydrogens is 314 g/mol. The Morgan fingerprint density at radius 1 is 1.04 bits per heavy atom. The molecule has 6 heteroatoms. The molecule has 0 aliphatic rings. The van der Waals surface area contributed by atoms with Gasteiger partial charge in [-0.15, -0.1) is 0 Å². The van der Waals surface area contributed by atoms with Gasteiger partial charge in [-0.2, -0.15) is 5.26 Å². The van der Waals surface area contributed by atoms with Crippen LogP contribution in [0.5, 0.6) is 0 Å². The number of pyridine rings is 2. The van der Waals surface area contributed by atoms with E-state index in [0.29, 0.717) is 23.4 Å². The van der Waals surface area contributed by atoms with Gasteiger partial charge < -0.3 is 10.6 Å². The van der Waals surface area contributed by atoms with Crippen LogP contribution >= 0.6 is 0 Å². The molecule has 0 fully saturated rings. The van der Waals surface area contributed by atoms with E-state index in [9.17, 15) is 4.79 Å². The number of nitriles is 1. The summed E-state index contributed by atoms with van der Waals surface area (Å²) in [5.41, 5.74) is 3.36. The summed E-state index contributed by atoms with van der Waals surface area (Å²) in [4.78, 5) is 20.4. The lowest BCUT2D eigenvalue weighted by Gasteiger charge is -2.09. The van der Waals surface area contributed by atoms with E-state index in [1.54, 1.807) is 42.9 Å². The van der Waals surface area contributed by atoms with Crippen LogP contribution in [0.2, 0.25) is 0 Å². The minimum Gasteiger partial charge on any atom is -0.354 e. The first-order valence-corrected chi connectivity index (χ1v) is 7.64. The maximum Gasteiger partial charge on any atom is 0.253 e. The SMILES string of the molecule is N#Cc1cccc(Nc2cncc(C(=O)NCc3cccnc3)c2)c1. The van der Waals surface area contributed by atoms with Crippen molar-refractivity contribution in [1.29, 1.82) is 5.26 Å². The number of rotatable bonds is 5. The van der Waals surface area contributed by atoms with E-state index in [2.05, 4.69) is 26.7 Å². The molecule has 0 aliphatic heterocycles. The zero-order valence-electron chi connectivity index (χ0n) is 13.3. The number of anilines is 2. The average molecular weight is 329 g/mol. The van der Waals surface area contributed by atoms with E-state index in [0.717, 1.165) is 11.3 Å². The highest BCUT2D eigenvalue weighted by molar-refractivity contribution is 5.94. The van der Waals surface area contributed by atoms with Crippen molar-refractivity contribution in [2.75, 3.05) is 5.32 Å². The zero-order valence-corrected chi connectivity index (χ0v) is 13.3. The number of carbonyl (C=O) groups is 1. The fourth-order valence-electron chi connectivity index (χ4n) is 2.25. The molecule has 0 saturated carbocycles. The summed E-state index contributed by atoms with van der Waals surface area (Å²) in [5, 5.41) is 14.9. The number of benzene rings is 1. The molecular formula is C19H15N5O. The van der Waals surface area contributed by atoms with Crippen LogP contribution in [0.1, 0.15) is 21.5 Å². The van der Waals surface area contributed by atoms with Crippen LogP contribution in [-0.2, 0) is 6.54 Å². The Balaban J connectivity index is 1.68. The van der Waals surface area contributed by atoms with Gasteiger partial charge in [0.15, 0.2) is 0 Å². The number of amides is 1. The van der Waals surface area contributed by atoms with Crippen LogP contribution in [0.4, 0.5) is 11.4 Å². The second-order valence-corrected chi connectivity index (χ2v) is 5.32. The van der Waals surface area contributed by atoms with Gasteiger partial charge in [-0.1, -0.05) is 12.1 Å². The molecule has 2 N–H and O–H groups in total. The molecule has 0 atom stereocenters. The third-order valence-corrected chi connectivity index (χ3v) is 3.46. The number of aromatic nitrogens is 2. The Bertz CT molecular complexity index is 918. The lowest BCUT2D eigenvalue weighted by Crippen LogP contribution is -2.23. The topological polar surface area (TPSA) is 90.7 Å². The summed E-state index contributed by atoms with van der Waals surface area (Å²) in [6, 6.07) is 14.6. The third-order valence-electron chi connectivity index (χ3n) is 3.46. The largest absolute Gasteiger partial charge is 0.354 e. The van der Waals surface area contributed by atoms with Crippen molar-refractivity contribution in [3.8, 4) is 6.07 Å². The molecule has 1 aromatic carbocycles. The van der Waals surface area contributed by atoms with Gasteiger partial charge in [-0.25, -0.2) is 0 Å². The monoisotopic (exact) mass is 329 g/mol. The number of nitrogens with zero attached hydrogens (tertiary/aromatic N) is 3. The molecule has 3 rings (SSSR count). The van der Waals surface area contributed by atoms with Crippen molar-refractivity contribution in [2.24, 2.45) is 0 Å². The van der Waals surface area contributed by atoms with E-state index in [1.165, 1.54) is 6.20 Å². The number of hydrogen-bond acceptors (Lipinski definition) is 5. The zero-order chi connectivity index (χ0) is 17.5. The molecule has 0 saturated heterocycles. The Kier molecular flexibility index (Phi) is 4.98. The Hall–Kier alpha value is -3.72. The van der Waals surface area contributed by atoms with Gasteiger partial charge in [-0.05, 0) is 35.9 Å². The fourth-order valence-corrected chi connectivity index (χ4v) is 2.25. The highest BCUT2D eigenvalue weighted by Gasteiger charge is 2.07. The second-order valence-electron chi connectivity index (χ2n) is 5.32. The molecule has 2 heterocycles. The van der Waals surface area contributed by atoms with Gasteiger partial charge >= 0.3 is 0 Å². The molecule has 0 bridgehead atoms. The van der Waals surface area contributed by atoms with E-state index in [1.807, 2.05) is 18.2 Å². The standard InChI is InChI=1S/C19H15N5O/c20-9-14-3-1-5-17(7-14)24-18-8-16(12-22-13-18)19(25)23-11-15-4-2-6-21-10-15/h1-8,10,12-13,24H,11H2,(H,23,25). The highest BCUT2D eigenvalue weighted by Crippen LogP contribution is 2.17. The molecule has 0 radical (unpaired) electrons. The van der Waals surface area contributed by atoms with Crippen molar-refractivity contribution in [2.45, 2.75) is 6.54 Å². The summed E-state index contributed by atoms with van der Waals surface area (Å²) >= 11 is 0. The van der Waals surface area contributed by atoms with Crippen molar-refractivity contribution >= 4 is 17.3 Å². The second kappa shape index (κ2) is 7.70. The van der Waals surface area contributed by atoms with Crippen molar-refractivity contribution in [1.82, 2.24) is 15.3 Å². The van der Waals surface area contributed by atoms with Crippen LogP contribution in [0.25, 0.3) is 0 Å². The minimum absolute atomic E-state index is 0.217. The molecule has 122 valence electrons. The van der Waals surface area contributed by atoms with Crippen LogP contribution < -0.4 is 10.6 Å². The maximum atomic E-state index is 12.3. The van der Waals surface area contributed by atoms with Crippen LogP contribution in [0.15, 0.2) is 67.3 Å². The first-order chi connectivity index (χ1) is 12.2. The lowest BCUT2D eigenvalue weighted by atomic mass is 10.2. The molecule has 0 aliphatic carbocycles. The summed E-state index contributed by atoms with van der Waals surface area (Å²) in [5.74, 6) is -0.217. The number of carbonyl (C=O) groups excluding carboxylic acids is 1. The third kappa shape index (κ3) is 4.39. The molecule has 6 nitrogen and oxygen atoms in total. The van der Waals surface area contributed by atoms with Crippen LogP contribution in [0.3, 0.4) is 0 Å². The predicted molar refractivity (Wildman–Crippen MR) is 94.1 cm³/mol. The average Bonchev–Trinajstić information content (AvgIpc) is 2.67. The first kappa shape index (κ1) is 16.1. The Labute approximate surface area is 145 Å². The van der Waals surface area contributed by atoms with Gasteiger partial charge in [0.05, 0.1) is 29.1 Å². The van der Waals surface area contributed by atoms with E-state index in [4.69, 9.17) is 5.26 Å². The summed E-state index contributed by atoms with van der Waals surface area (Å²) in [6.45, 7) is 0.397. The number of hydrogen-bond donors (Lipinski definition) is 2. The van der Waals surface area contributed by atoms with E-state index in [-0.39, 0.29) is 5.91 Å². The summed E-state index contributed by atoms with van der Waals surface area (Å²) in [6.07, 6.45) is 6.52. The molecule has 1 amide bonds. The quantitative estimate of drug-likeness (QED) is 0.751. The van der Waals surface area contributed by atoms with Gasteiger partial charge in [-0.3, -0.25) is 14.8 Å². The predicted octanol–water partition coefficient (Wildman–Crippen LogP) is 3.02. The van der Waals surface area contributed by atoms with Gasteiger partial charge in [0.25, 0.3) is 5.91 Å². The van der Waals surface area contributed by atoms with E-state index >= 15 is 0 Å². The van der Waals surface area contributed by atoms with Crippen LogP contribution in [-0.4, -0.2) is 15.9 Å². The molecule has 2 aromatic heterocycles. The smallest absolute Gasteiger partial charge is 0.253 e. The number of nitrogens with one attached hydrogen (secondary N) is 2. The molecule has 0 unspecified atom stereocenters. The van der Waals surface area contributed by atoms with Crippen molar-refractivity contribution < 1.29 is 4.79 Å². The van der Waals surface area contributed by atoms with Gasteiger partial charge in [0.2, 0.25) is 0 Å². The Morgan fingerprint density at radius 3 is 2.76 bits per heavy atom. The highest BCUT2D eigenvalue weighted by atomic mass is 16.1.